The van der Waals surface area contributed by atoms with Crippen LogP contribution in [0.15, 0.2) is 24.3 Å². The topological polar surface area (TPSA) is 40.5 Å². The van der Waals surface area contributed by atoms with Crippen LogP contribution in [0.25, 0.3) is 0 Å². The molecule has 0 saturated carbocycles. The van der Waals surface area contributed by atoms with Crippen molar-refractivity contribution in [3.05, 3.63) is 29.8 Å². The molecule has 0 unspecified atom stereocenters. The number of nitrogens with zero attached hydrogens (tertiary/aromatic N) is 1. The summed E-state index contributed by atoms with van der Waals surface area (Å²) < 4.78 is 37.6. The number of alkyl halides is 3. The standard InChI is InChI=1S/C12H14F3NO2/c1-3-10(11(17)18)16(2)9-6-4-5-8(7-9)12(13,14)15/h4-7,10H,3H2,1-2H3,(H,17,18)/t10-/m0/s1. The third kappa shape index (κ3) is 3.15. The maximum Gasteiger partial charge on any atom is 0.416 e. The zero-order valence-corrected chi connectivity index (χ0v) is 10.0. The van der Waals surface area contributed by atoms with Crippen LogP contribution in [0.5, 0.6) is 0 Å². The van der Waals surface area contributed by atoms with Crippen LogP contribution >= 0.6 is 0 Å². The molecule has 6 heteroatoms. The molecule has 0 aliphatic carbocycles. The van der Waals surface area contributed by atoms with E-state index in [4.69, 9.17) is 5.11 Å². The molecule has 1 N–H and O–H groups in total. The van der Waals surface area contributed by atoms with E-state index in [2.05, 4.69) is 0 Å². The lowest BCUT2D eigenvalue weighted by molar-refractivity contribution is -0.138. The Kier molecular flexibility index (Phi) is 4.21. The van der Waals surface area contributed by atoms with Gasteiger partial charge in [-0.05, 0) is 24.6 Å². The highest BCUT2D eigenvalue weighted by molar-refractivity contribution is 5.78. The van der Waals surface area contributed by atoms with Crippen molar-refractivity contribution >= 4 is 11.7 Å². The third-order valence-electron chi connectivity index (χ3n) is 2.72. The molecule has 18 heavy (non-hydrogen) atoms. The Bertz CT molecular complexity index is 432. The van der Waals surface area contributed by atoms with Gasteiger partial charge in [-0.2, -0.15) is 13.2 Å². The van der Waals surface area contributed by atoms with E-state index in [-0.39, 0.29) is 5.69 Å². The van der Waals surface area contributed by atoms with Gasteiger partial charge in [0.2, 0.25) is 0 Å². The van der Waals surface area contributed by atoms with Crippen molar-refractivity contribution < 1.29 is 23.1 Å². The zero-order valence-electron chi connectivity index (χ0n) is 10.0. The summed E-state index contributed by atoms with van der Waals surface area (Å²) in [6, 6.07) is 3.79. The van der Waals surface area contributed by atoms with Crippen molar-refractivity contribution in [3.63, 3.8) is 0 Å². The molecule has 0 bridgehead atoms. The van der Waals surface area contributed by atoms with Crippen LogP contribution in [0.2, 0.25) is 0 Å². The summed E-state index contributed by atoms with van der Waals surface area (Å²) in [7, 11) is 1.47. The zero-order chi connectivity index (χ0) is 13.9. The minimum absolute atomic E-state index is 0.235. The number of carboxylic acids is 1. The van der Waals surface area contributed by atoms with Gasteiger partial charge in [0.05, 0.1) is 5.56 Å². The second-order valence-corrected chi connectivity index (χ2v) is 3.92. The lowest BCUT2D eigenvalue weighted by atomic mass is 10.1. The van der Waals surface area contributed by atoms with E-state index < -0.39 is 23.8 Å². The van der Waals surface area contributed by atoms with Gasteiger partial charge >= 0.3 is 12.1 Å². The van der Waals surface area contributed by atoms with Crippen molar-refractivity contribution in [1.82, 2.24) is 0 Å². The smallest absolute Gasteiger partial charge is 0.416 e. The number of halogens is 3. The SMILES string of the molecule is CC[C@@H](C(=O)O)N(C)c1cccc(C(F)(F)F)c1. The molecule has 3 nitrogen and oxygen atoms in total. The molecule has 1 atom stereocenters. The van der Waals surface area contributed by atoms with Crippen molar-refractivity contribution in [2.24, 2.45) is 0 Å². The summed E-state index contributed by atoms with van der Waals surface area (Å²) in [4.78, 5) is 12.3. The number of hydrogen-bond acceptors (Lipinski definition) is 2. The van der Waals surface area contributed by atoms with Crippen molar-refractivity contribution in [2.45, 2.75) is 25.6 Å². The fourth-order valence-corrected chi connectivity index (χ4v) is 1.70. The van der Waals surface area contributed by atoms with Gasteiger partial charge in [0.15, 0.2) is 0 Å². The fraction of sp³-hybridized carbons (Fsp3) is 0.417. The minimum atomic E-state index is -4.43. The molecule has 100 valence electrons. The third-order valence-corrected chi connectivity index (χ3v) is 2.72. The quantitative estimate of drug-likeness (QED) is 0.905. The number of hydrogen-bond donors (Lipinski definition) is 1. The molecule has 0 radical (unpaired) electrons. The Hall–Kier alpha value is -1.72. The van der Waals surface area contributed by atoms with E-state index in [1.165, 1.54) is 24.1 Å². The molecule has 0 amide bonds. The summed E-state index contributed by atoms with van der Waals surface area (Å²) in [5.74, 6) is -1.06. The van der Waals surface area contributed by atoms with Crippen LogP contribution in [0.3, 0.4) is 0 Å². The first-order chi connectivity index (χ1) is 8.27. The van der Waals surface area contributed by atoms with E-state index in [1.54, 1.807) is 6.92 Å². The van der Waals surface area contributed by atoms with Gasteiger partial charge in [-0.1, -0.05) is 13.0 Å². The van der Waals surface area contributed by atoms with Gasteiger partial charge in [0, 0.05) is 12.7 Å². The molecular weight excluding hydrogens is 247 g/mol. The molecular formula is C12H14F3NO2. The summed E-state index contributed by atoms with van der Waals surface area (Å²) in [6.45, 7) is 1.67. The summed E-state index contributed by atoms with van der Waals surface area (Å²) in [5, 5.41) is 8.97. The molecule has 0 aliphatic heterocycles. The Balaban J connectivity index is 3.06. The number of likely N-dealkylation sites (N-methyl/N-ethyl adjacent to an activating group) is 1. The summed E-state index contributed by atoms with van der Waals surface area (Å²) in [6.07, 6.45) is -4.12. The highest BCUT2D eigenvalue weighted by atomic mass is 19.4. The first-order valence-corrected chi connectivity index (χ1v) is 5.40. The minimum Gasteiger partial charge on any atom is -0.480 e. The lowest BCUT2D eigenvalue weighted by Gasteiger charge is -2.26. The van der Waals surface area contributed by atoms with Gasteiger partial charge in [-0.3, -0.25) is 0 Å². The predicted molar refractivity (Wildman–Crippen MR) is 61.6 cm³/mol. The summed E-state index contributed by atoms with van der Waals surface area (Å²) >= 11 is 0. The highest BCUT2D eigenvalue weighted by Gasteiger charge is 2.31. The molecule has 1 aromatic rings. The number of benzene rings is 1. The largest absolute Gasteiger partial charge is 0.480 e. The maximum atomic E-state index is 12.5. The predicted octanol–water partition coefficient (Wildman–Crippen LogP) is 3.00. The van der Waals surface area contributed by atoms with Crippen LogP contribution in [0.1, 0.15) is 18.9 Å². The van der Waals surface area contributed by atoms with E-state index in [0.29, 0.717) is 6.42 Å². The number of rotatable bonds is 4. The van der Waals surface area contributed by atoms with Crippen LogP contribution in [-0.2, 0) is 11.0 Å². The average Bonchev–Trinajstić information content (AvgIpc) is 2.28. The number of carboxylic acid groups (broad SMARTS) is 1. The molecule has 1 aromatic carbocycles. The fourth-order valence-electron chi connectivity index (χ4n) is 1.70. The Morgan fingerprint density at radius 3 is 2.50 bits per heavy atom. The van der Waals surface area contributed by atoms with Crippen LogP contribution in [0.4, 0.5) is 18.9 Å². The molecule has 0 aromatic heterocycles. The Labute approximate surface area is 103 Å². The number of carbonyl (C=O) groups is 1. The normalized spacial score (nSPS) is 13.2. The average molecular weight is 261 g/mol. The van der Waals surface area contributed by atoms with Crippen molar-refractivity contribution in [1.29, 1.82) is 0 Å². The first kappa shape index (κ1) is 14.3. The van der Waals surface area contributed by atoms with Gasteiger partial charge in [-0.15, -0.1) is 0 Å². The van der Waals surface area contributed by atoms with E-state index in [9.17, 15) is 18.0 Å². The highest BCUT2D eigenvalue weighted by Crippen LogP contribution is 2.31. The Morgan fingerprint density at radius 1 is 1.44 bits per heavy atom. The Morgan fingerprint density at radius 2 is 2.06 bits per heavy atom. The van der Waals surface area contributed by atoms with Crippen molar-refractivity contribution in [3.8, 4) is 0 Å². The second kappa shape index (κ2) is 5.29. The molecule has 0 saturated heterocycles. The van der Waals surface area contributed by atoms with Crippen LogP contribution in [-0.4, -0.2) is 24.2 Å². The monoisotopic (exact) mass is 261 g/mol. The molecule has 0 fully saturated rings. The molecule has 0 spiro atoms. The lowest BCUT2D eigenvalue weighted by Crippen LogP contribution is -2.38. The first-order valence-electron chi connectivity index (χ1n) is 5.40. The van der Waals surface area contributed by atoms with E-state index >= 15 is 0 Å². The molecule has 0 aliphatic rings. The maximum absolute atomic E-state index is 12.5. The summed E-state index contributed by atoms with van der Waals surface area (Å²) in [5.41, 5.74) is -0.550. The number of aliphatic carboxylic acids is 1. The molecule has 0 heterocycles. The van der Waals surface area contributed by atoms with Crippen LogP contribution < -0.4 is 4.90 Å². The van der Waals surface area contributed by atoms with E-state index in [1.807, 2.05) is 0 Å². The van der Waals surface area contributed by atoms with Crippen LogP contribution in [0, 0.1) is 0 Å². The van der Waals surface area contributed by atoms with Gasteiger partial charge in [0.1, 0.15) is 6.04 Å². The van der Waals surface area contributed by atoms with Gasteiger partial charge < -0.3 is 10.0 Å². The second-order valence-electron chi connectivity index (χ2n) is 3.92. The molecule has 1 rings (SSSR count). The van der Waals surface area contributed by atoms with E-state index in [0.717, 1.165) is 12.1 Å². The van der Waals surface area contributed by atoms with Crippen molar-refractivity contribution in [2.75, 3.05) is 11.9 Å². The van der Waals surface area contributed by atoms with Gasteiger partial charge in [-0.25, -0.2) is 4.79 Å². The van der Waals surface area contributed by atoms with Gasteiger partial charge in [0.25, 0.3) is 0 Å². The number of anilines is 1.